The lowest BCUT2D eigenvalue weighted by atomic mass is 10.0. The fourth-order valence-electron chi connectivity index (χ4n) is 2.41. The van der Waals surface area contributed by atoms with E-state index >= 15 is 0 Å². The lowest BCUT2D eigenvalue weighted by molar-refractivity contribution is 0.199. The first-order chi connectivity index (χ1) is 9.91. The van der Waals surface area contributed by atoms with Gasteiger partial charge in [0.2, 0.25) is 0 Å². The number of hydrogen-bond donors (Lipinski definition) is 1. The number of aliphatic hydroxyl groups excluding tert-OH is 1. The van der Waals surface area contributed by atoms with Crippen molar-refractivity contribution in [2.45, 2.75) is 26.0 Å². The highest BCUT2D eigenvalue weighted by Gasteiger charge is 2.19. The second kappa shape index (κ2) is 6.82. The molecule has 0 radical (unpaired) electrons. The van der Waals surface area contributed by atoms with Crippen molar-refractivity contribution in [1.82, 2.24) is 0 Å². The molecule has 2 aromatic carbocycles. The lowest BCUT2D eigenvalue weighted by Crippen LogP contribution is -2.23. The number of nitrogens with zero attached hydrogens (tertiary/aromatic N) is 1. The maximum atomic E-state index is 9.98. The number of halogens is 2. The molecule has 4 heteroatoms. The van der Waals surface area contributed by atoms with Crippen LogP contribution in [0.1, 0.15) is 37.1 Å². The summed E-state index contributed by atoms with van der Waals surface area (Å²) in [6, 6.07) is 13.9. The van der Waals surface area contributed by atoms with Crippen LogP contribution < -0.4 is 4.90 Å². The highest BCUT2D eigenvalue weighted by atomic mass is 79.9. The van der Waals surface area contributed by atoms with Crippen molar-refractivity contribution in [3.05, 3.63) is 63.1 Å². The molecule has 0 saturated heterocycles. The van der Waals surface area contributed by atoms with Gasteiger partial charge in [-0.2, -0.15) is 0 Å². The van der Waals surface area contributed by atoms with E-state index in [1.807, 2.05) is 49.5 Å². The van der Waals surface area contributed by atoms with Crippen molar-refractivity contribution in [2.75, 3.05) is 11.9 Å². The summed E-state index contributed by atoms with van der Waals surface area (Å²) in [5.41, 5.74) is 2.96. The molecule has 112 valence electrons. The zero-order valence-electron chi connectivity index (χ0n) is 12.3. The highest BCUT2D eigenvalue weighted by molar-refractivity contribution is 9.10. The van der Waals surface area contributed by atoms with Crippen molar-refractivity contribution >= 4 is 33.2 Å². The predicted octanol–water partition coefficient (Wildman–Crippen LogP) is 5.35. The van der Waals surface area contributed by atoms with Gasteiger partial charge in [-0.15, -0.1) is 0 Å². The van der Waals surface area contributed by atoms with Crippen molar-refractivity contribution in [3.8, 4) is 0 Å². The standard InChI is InChI=1S/C17H19BrClNO/c1-11(14-6-4-5-7-16(14)19)20(3)17-10-13(18)8-9-15(17)12(2)21/h4-12,21H,1-3H3. The molecule has 0 amide bonds. The molecule has 2 rings (SSSR count). The quantitative estimate of drug-likeness (QED) is 0.786. The molecule has 0 heterocycles. The van der Waals surface area contributed by atoms with Crippen LogP contribution in [0.5, 0.6) is 0 Å². The zero-order valence-corrected chi connectivity index (χ0v) is 14.7. The summed E-state index contributed by atoms with van der Waals surface area (Å²) in [6.45, 7) is 3.88. The first-order valence-corrected chi connectivity index (χ1v) is 8.03. The van der Waals surface area contributed by atoms with E-state index in [9.17, 15) is 5.11 Å². The van der Waals surface area contributed by atoms with Crippen LogP contribution in [0.15, 0.2) is 46.9 Å². The fraction of sp³-hybridized carbons (Fsp3) is 0.294. The van der Waals surface area contributed by atoms with Crippen LogP contribution in [0, 0.1) is 0 Å². The van der Waals surface area contributed by atoms with Gasteiger partial charge in [0, 0.05) is 27.8 Å². The first-order valence-electron chi connectivity index (χ1n) is 6.86. The van der Waals surface area contributed by atoms with Gasteiger partial charge < -0.3 is 10.0 Å². The van der Waals surface area contributed by atoms with Crippen LogP contribution >= 0.6 is 27.5 Å². The minimum atomic E-state index is -0.519. The third kappa shape index (κ3) is 3.60. The zero-order chi connectivity index (χ0) is 15.6. The molecule has 2 nitrogen and oxygen atoms in total. The molecule has 2 unspecified atom stereocenters. The third-order valence-corrected chi connectivity index (χ3v) is 4.60. The molecule has 0 aliphatic rings. The van der Waals surface area contributed by atoms with Crippen molar-refractivity contribution < 1.29 is 5.11 Å². The summed E-state index contributed by atoms with van der Waals surface area (Å²) in [6.07, 6.45) is -0.519. The average molecular weight is 369 g/mol. The number of anilines is 1. The van der Waals surface area contributed by atoms with Gasteiger partial charge in [-0.1, -0.05) is 51.8 Å². The largest absolute Gasteiger partial charge is 0.389 e. The molecule has 21 heavy (non-hydrogen) atoms. The molecule has 0 bridgehead atoms. The van der Waals surface area contributed by atoms with Gasteiger partial charge >= 0.3 is 0 Å². The predicted molar refractivity (Wildman–Crippen MR) is 93.0 cm³/mol. The molecule has 0 spiro atoms. The Balaban J connectivity index is 2.42. The summed E-state index contributed by atoms with van der Waals surface area (Å²) >= 11 is 9.80. The van der Waals surface area contributed by atoms with Gasteiger partial charge in [0.1, 0.15) is 0 Å². The SMILES string of the molecule is CC(O)c1ccc(Br)cc1N(C)C(C)c1ccccc1Cl. The van der Waals surface area contributed by atoms with Crippen LogP contribution in [0.2, 0.25) is 5.02 Å². The van der Waals surface area contributed by atoms with Crippen molar-refractivity contribution in [2.24, 2.45) is 0 Å². The molecule has 1 N–H and O–H groups in total. The number of hydrogen-bond acceptors (Lipinski definition) is 2. The number of rotatable bonds is 4. The molecular weight excluding hydrogens is 350 g/mol. The van der Waals surface area contributed by atoms with E-state index in [0.717, 1.165) is 26.3 Å². The second-order valence-electron chi connectivity index (χ2n) is 5.19. The van der Waals surface area contributed by atoms with E-state index in [-0.39, 0.29) is 6.04 Å². The lowest BCUT2D eigenvalue weighted by Gasteiger charge is -2.30. The van der Waals surface area contributed by atoms with E-state index in [1.54, 1.807) is 6.92 Å². The highest BCUT2D eigenvalue weighted by Crippen LogP contribution is 2.35. The Bertz CT molecular complexity index is 630. The minimum absolute atomic E-state index is 0.102. The molecular formula is C17H19BrClNO. The molecule has 0 aliphatic heterocycles. The topological polar surface area (TPSA) is 23.5 Å². The van der Waals surface area contributed by atoms with Gasteiger partial charge in [-0.25, -0.2) is 0 Å². The van der Waals surface area contributed by atoms with Gasteiger partial charge in [0.25, 0.3) is 0 Å². The summed E-state index contributed by atoms with van der Waals surface area (Å²) in [5, 5.41) is 10.7. The molecule has 0 fully saturated rings. The summed E-state index contributed by atoms with van der Waals surface area (Å²) in [4.78, 5) is 2.13. The van der Waals surface area contributed by atoms with Gasteiger partial charge in [-0.05, 0) is 37.6 Å². The Kier molecular flexibility index (Phi) is 5.31. The Labute approximate surface area is 139 Å². The molecule has 2 atom stereocenters. The fourth-order valence-corrected chi connectivity index (χ4v) is 3.05. The summed E-state index contributed by atoms with van der Waals surface area (Å²) in [5.74, 6) is 0. The summed E-state index contributed by atoms with van der Waals surface area (Å²) in [7, 11) is 2.02. The maximum absolute atomic E-state index is 9.98. The van der Waals surface area contributed by atoms with Crippen molar-refractivity contribution in [1.29, 1.82) is 0 Å². The van der Waals surface area contributed by atoms with Crippen LogP contribution in [-0.2, 0) is 0 Å². The van der Waals surface area contributed by atoms with E-state index in [4.69, 9.17) is 11.6 Å². The van der Waals surface area contributed by atoms with Gasteiger partial charge in [0.05, 0.1) is 12.1 Å². The summed E-state index contributed by atoms with van der Waals surface area (Å²) < 4.78 is 0.986. The first kappa shape index (κ1) is 16.3. The van der Waals surface area contributed by atoms with Gasteiger partial charge in [0.15, 0.2) is 0 Å². The minimum Gasteiger partial charge on any atom is -0.389 e. The Morgan fingerprint density at radius 1 is 1.10 bits per heavy atom. The normalized spacial score (nSPS) is 13.8. The van der Waals surface area contributed by atoms with Crippen LogP contribution in [-0.4, -0.2) is 12.2 Å². The van der Waals surface area contributed by atoms with Crippen LogP contribution in [0.3, 0.4) is 0 Å². The molecule has 0 saturated carbocycles. The van der Waals surface area contributed by atoms with E-state index in [1.165, 1.54) is 0 Å². The van der Waals surface area contributed by atoms with E-state index in [0.29, 0.717) is 0 Å². The third-order valence-electron chi connectivity index (χ3n) is 3.76. The maximum Gasteiger partial charge on any atom is 0.0782 e. The Morgan fingerprint density at radius 2 is 1.76 bits per heavy atom. The van der Waals surface area contributed by atoms with Crippen LogP contribution in [0.25, 0.3) is 0 Å². The monoisotopic (exact) mass is 367 g/mol. The number of aliphatic hydroxyl groups is 1. The molecule has 2 aromatic rings. The Morgan fingerprint density at radius 3 is 2.38 bits per heavy atom. The van der Waals surface area contributed by atoms with E-state index in [2.05, 4.69) is 27.8 Å². The van der Waals surface area contributed by atoms with Crippen molar-refractivity contribution in [3.63, 3.8) is 0 Å². The van der Waals surface area contributed by atoms with Crippen LogP contribution in [0.4, 0.5) is 5.69 Å². The average Bonchev–Trinajstić information content (AvgIpc) is 2.45. The van der Waals surface area contributed by atoms with Gasteiger partial charge in [-0.3, -0.25) is 0 Å². The second-order valence-corrected chi connectivity index (χ2v) is 6.51. The molecule has 0 aliphatic carbocycles. The number of benzene rings is 2. The Hall–Kier alpha value is -1.03. The molecule has 0 aromatic heterocycles. The van der Waals surface area contributed by atoms with E-state index < -0.39 is 6.10 Å². The smallest absolute Gasteiger partial charge is 0.0782 e.